The van der Waals surface area contributed by atoms with Crippen LogP contribution in [0.5, 0.6) is 0 Å². The zero-order valence-electron chi connectivity index (χ0n) is 13.3. The number of benzene rings is 1. The summed E-state index contributed by atoms with van der Waals surface area (Å²) in [6, 6.07) is 11.1. The maximum Gasteiger partial charge on any atom is 0.255 e. The first-order chi connectivity index (χ1) is 11.7. The summed E-state index contributed by atoms with van der Waals surface area (Å²) in [6.07, 6.45) is 4.80. The zero-order valence-corrected chi connectivity index (χ0v) is 14.1. The Morgan fingerprint density at radius 1 is 1.29 bits per heavy atom. The van der Waals surface area contributed by atoms with Crippen molar-refractivity contribution in [3.8, 4) is 5.69 Å². The third-order valence-electron chi connectivity index (χ3n) is 3.68. The van der Waals surface area contributed by atoms with E-state index in [-0.39, 0.29) is 5.91 Å². The number of rotatable bonds is 6. The molecule has 24 heavy (non-hydrogen) atoms. The maximum absolute atomic E-state index is 12.5. The summed E-state index contributed by atoms with van der Waals surface area (Å²) in [5, 5.41) is 7.84. The molecule has 6 heteroatoms. The minimum absolute atomic E-state index is 0.173. The van der Waals surface area contributed by atoms with Gasteiger partial charge < -0.3 is 9.73 Å². The number of halogens is 1. The van der Waals surface area contributed by atoms with E-state index in [4.69, 9.17) is 16.0 Å². The molecular weight excluding hydrogens is 326 g/mol. The number of nitrogens with one attached hydrogen (secondary N) is 1. The van der Waals surface area contributed by atoms with Gasteiger partial charge in [0.05, 0.1) is 41.0 Å². The zero-order chi connectivity index (χ0) is 16.9. The van der Waals surface area contributed by atoms with E-state index in [1.807, 2.05) is 30.3 Å². The minimum Gasteiger partial charge on any atom is -0.467 e. The van der Waals surface area contributed by atoms with E-state index in [0.29, 0.717) is 22.9 Å². The van der Waals surface area contributed by atoms with E-state index < -0.39 is 0 Å². The van der Waals surface area contributed by atoms with Gasteiger partial charge in [-0.2, -0.15) is 5.10 Å². The molecule has 0 aliphatic heterocycles. The van der Waals surface area contributed by atoms with E-state index in [9.17, 15) is 4.79 Å². The topological polar surface area (TPSA) is 60.1 Å². The fourth-order valence-corrected chi connectivity index (χ4v) is 2.76. The predicted octanol–water partition coefficient (Wildman–Crippen LogP) is 4.00. The van der Waals surface area contributed by atoms with Crippen molar-refractivity contribution in [2.45, 2.75) is 26.3 Å². The van der Waals surface area contributed by atoms with Gasteiger partial charge in [0.25, 0.3) is 5.91 Å². The van der Waals surface area contributed by atoms with E-state index in [1.165, 1.54) is 0 Å². The highest BCUT2D eigenvalue weighted by Crippen LogP contribution is 2.23. The molecule has 3 aromatic rings. The highest BCUT2D eigenvalue weighted by atomic mass is 35.5. The molecule has 0 saturated heterocycles. The Morgan fingerprint density at radius 2 is 2.12 bits per heavy atom. The van der Waals surface area contributed by atoms with Crippen LogP contribution < -0.4 is 5.32 Å². The second-order valence-electron chi connectivity index (χ2n) is 5.38. The molecule has 0 radical (unpaired) electrons. The lowest BCUT2D eigenvalue weighted by molar-refractivity contribution is 0.0947. The molecule has 0 bridgehead atoms. The van der Waals surface area contributed by atoms with E-state index >= 15 is 0 Å². The third-order valence-corrected chi connectivity index (χ3v) is 4.00. The van der Waals surface area contributed by atoms with Gasteiger partial charge in [0.15, 0.2) is 0 Å². The lowest BCUT2D eigenvalue weighted by Gasteiger charge is -2.10. The number of hydrogen-bond donors (Lipinski definition) is 1. The van der Waals surface area contributed by atoms with Crippen LogP contribution in [0.25, 0.3) is 5.69 Å². The van der Waals surface area contributed by atoms with Gasteiger partial charge in [-0.15, -0.1) is 0 Å². The standard InChI is InChI=1S/C18H18ClN3O2/c1-2-6-16-14(18(23)20-11-13-7-5-10-24-13)12-21-22(16)17-9-4-3-8-15(17)19/h3-5,7-10,12H,2,6,11H2,1H3,(H,20,23). The Kier molecular flexibility index (Phi) is 5.01. The first-order valence-electron chi connectivity index (χ1n) is 7.83. The van der Waals surface area contributed by atoms with Crippen molar-refractivity contribution in [3.05, 3.63) is 70.9 Å². The molecule has 1 aromatic carbocycles. The molecule has 2 heterocycles. The van der Waals surface area contributed by atoms with E-state index in [1.54, 1.807) is 23.2 Å². The fraction of sp³-hybridized carbons (Fsp3) is 0.222. The second-order valence-corrected chi connectivity index (χ2v) is 5.79. The average Bonchev–Trinajstić information content (AvgIpc) is 3.23. The Hall–Kier alpha value is -2.53. The summed E-state index contributed by atoms with van der Waals surface area (Å²) < 4.78 is 6.98. The van der Waals surface area contributed by atoms with Crippen LogP contribution >= 0.6 is 11.6 Å². The van der Waals surface area contributed by atoms with Crippen molar-refractivity contribution in [1.29, 1.82) is 0 Å². The van der Waals surface area contributed by atoms with Crippen LogP contribution in [-0.4, -0.2) is 15.7 Å². The van der Waals surface area contributed by atoms with Gasteiger partial charge in [0.2, 0.25) is 0 Å². The van der Waals surface area contributed by atoms with Gasteiger partial charge in [0.1, 0.15) is 5.76 Å². The molecule has 3 rings (SSSR count). The molecule has 2 aromatic heterocycles. The lowest BCUT2D eigenvalue weighted by atomic mass is 10.1. The van der Waals surface area contributed by atoms with Crippen molar-refractivity contribution in [2.75, 3.05) is 0 Å². The predicted molar refractivity (Wildman–Crippen MR) is 92.4 cm³/mol. The summed E-state index contributed by atoms with van der Waals surface area (Å²) in [7, 11) is 0. The van der Waals surface area contributed by atoms with Crippen LogP contribution in [0.2, 0.25) is 5.02 Å². The highest BCUT2D eigenvalue weighted by molar-refractivity contribution is 6.32. The van der Waals surface area contributed by atoms with Crippen molar-refractivity contribution >= 4 is 17.5 Å². The van der Waals surface area contributed by atoms with Crippen molar-refractivity contribution in [1.82, 2.24) is 15.1 Å². The molecule has 1 amide bonds. The summed E-state index contributed by atoms with van der Waals surface area (Å²) in [5.41, 5.74) is 2.18. The molecule has 0 aliphatic carbocycles. The second kappa shape index (κ2) is 7.36. The van der Waals surface area contributed by atoms with Crippen LogP contribution in [0.15, 0.2) is 53.3 Å². The largest absolute Gasteiger partial charge is 0.467 e. The molecule has 1 N–H and O–H groups in total. The molecule has 5 nitrogen and oxygen atoms in total. The minimum atomic E-state index is -0.173. The number of carbonyl (C=O) groups excluding carboxylic acids is 1. The Morgan fingerprint density at radius 3 is 2.83 bits per heavy atom. The summed E-state index contributed by atoms with van der Waals surface area (Å²) in [5.74, 6) is 0.534. The molecule has 0 spiro atoms. The van der Waals surface area contributed by atoms with E-state index in [0.717, 1.165) is 24.2 Å². The number of nitrogens with zero attached hydrogens (tertiary/aromatic N) is 2. The van der Waals surface area contributed by atoms with Crippen molar-refractivity contribution in [3.63, 3.8) is 0 Å². The SMILES string of the molecule is CCCc1c(C(=O)NCc2ccco2)cnn1-c1ccccc1Cl. The first-order valence-corrected chi connectivity index (χ1v) is 8.21. The van der Waals surface area contributed by atoms with Crippen LogP contribution in [0.4, 0.5) is 0 Å². The van der Waals surface area contributed by atoms with Gasteiger partial charge in [-0.05, 0) is 30.7 Å². The van der Waals surface area contributed by atoms with Crippen LogP contribution in [-0.2, 0) is 13.0 Å². The third kappa shape index (κ3) is 3.36. The van der Waals surface area contributed by atoms with Gasteiger partial charge >= 0.3 is 0 Å². The summed E-state index contributed by atoms with van der Waals surface area (Å²) >= 11 is 6.27. The molecule has 124 valence electrons. The quantitative estimate of drug-likeness (QED) is 0.735. The Bertz CT molecular complexity index is 825. The highest BCUT2D eigenvalue weighted by Gasteiger charge is 2.19. The number of carbonyl (C=O) groups is 1. The molecule has 0 aliphatic rings. The molecule has 0 saturated carbocycles. The molecule has 0 fully saturated rings. The van der Waals surface area contributed by atoms with Crippen LogP contribution in [0, 0.1) is 0 Å². The summed E-state index contributed by atoms with van der Waals surface area (Å²) in [6.45, 7) is 2.41. The van der Waals surface area contributed by atoms with Gasteiger partial charge in [-0.3, -0.25) is 4.79 Å². The number of amides is 1. The molecular formula is C18H18ClN3O2. The Labute approximate surface area is 145 Å². The van der Waals surface area contributed by atoms with Gasteiger partial charge in [0, 0.05) is 0 Å². The number of furan rings is 1. The van der Waals surface area contributed by atoms with Crippen LogP contribution in [0.3, 0.4) is 0 Å². The van der Waals surface area contributed by atoms with Crippen molar-refractivity contribution in [2.24, 2.45) is 0 Å². The van der Waals surface area contributed by atoms with Crippen LogP contribution in [0.1, 0.15) is 35.2 Å². The normalized spacial score (nSPS) is 10.8. The number of hydrogen-bond acceptors (Lipinski definition) is 3. The fourth-order valence-electron chi connectivity index (χ4n) is 2.55. The van der Waals surface area contributed by atoms with E-state index in [2.05, 4.69) is 17.3 Å². The Balaban J connectivity index is 1.88. The number of aromatic nitrogens is 2. The summed E-state index contributed by atoms with van der Waals surface area (Å²) in [4.78, 5) is 12.5. The lowest BCUT2D eigenvalue weighted by Crippen LogP contribution is -2.23. The van der Waals surface area contributed by atoms with Crippen molar-refractivity contribution < 1.29 is 9.21 Å². The average molecular weight is 344 g/mol. The maximum atomic E-state index is 12.5. The first kappa shape index (κ1) is 16.3. The van der Waals surface area contributed by atoms with Gasteiger partial charge in [-0.25, -0.2) is 4.68 Å². The van der Waals surface area contributed by atoms with Gasteiger partial charge in [-0.1, -0.05) is 37.1 Å². The smallest absolute Gasteiger partial charge is 0.255 e. The monoisotopic (exact) mass is 343 g/mol. The molecule has 0 atom stereocenters. The molecule has 0 unspecified atom stereocenters. The number of para-hydroxylation sites is 1.